The Morgan fingerprint density at radius 3 is 2.50 bits per heavy atom. The summed E-state index contributed by atoms with van der Waals surface area (Å²) in [5, 5.41) is 17.9. The van der Waals surface area contributed by atoms with Crippen LogP contribution < -0.4 is 5.32 Å². The first-order chi connectivity index (χ1) is 10.3. The number of benzene rings is 1. The number of hydrogen-bond acceptors (Lipinski definition) is 3. The molecule has 7 heteroatoms. The van der Waals surface area contributed by atoms with E-state index in [9.17, 15) is 9.90 Å². The van der Waals surface area contributed by atoms with Gasteiger partial charge in [-0.05, 0) is 30.7 Å². The number of aromatic nitrogens is 2. The average molecular weight is 342 g/mol. The Bertz CT molecular complexity index is 652. The van der Waals surface area contributed by atoms with Crippen molar-refractivity contribution in [2.24, 2.45) is 7.05 Å². The van der Waals surface area contributed by atoms with Crippen LogP contribution in [0.2, 0.25) is 10.0 Å². The van der Waals surface area contributed by atoms with E-state index in [2.05, 4.69) is 10.4 Å². The predicted molar refractivity (Wildman–Crippen MR) is 85.8 cm³/mol. The van der Waals surface area contributed by atoms with Crippen LogP contribution in [0.25, 0.3) is 0 Å². The molecule has 5 nitrogen and oxygen atoms in total. The summed E-state index contributed by atoms with van der Waals surface area (Å²) in [6.45, 7) is 1.86. The molecular weight excluding hydrogens is 325 g/mol. The lowest BCUT2D eigenvalue weighted by Gasteiger charge is -2.15. The normalized spacial score (nSPS) is 13.7. The third kappa shape index (κ3) is 4.47. The quantitative estimate of drug-likeness (QED) is 0.878. The first kappa shape index (κ1) is 16.8. The van der Waals surface area contributed by atoms with E-state index >= 15 is 0 Å². The highest BCUT2D eigenvalue weighted by Crippen LogP contribution is 2.25. The van der Waals surface area contributed by atoms with E-state index < -0.39 is 6.10 Å². The summed E-state index contributed by atoms with van der Waals surface area (Å²) in [5.41, 5.74) is 1.41. The molecule has 0 fully saturated rings. The van der Waals surface area contributed by atoms with Crippen LogP contribution in [-0.4, -0.2) is 20.8 Å². The van der Waals surface area contributed by atoms with Crippen LogP contribution in [0.3, 0.4) is 0 Å². The van der Waals surface area contributed by atoms with Crippen molar-refractivity contribution >= 4 is 29.1 Å². The van der Waals surface area contributed by atoms with Crippen LogP contribution in [0.1, 0.15) is 36.6 Å². The Hall–Kier alpha value is -1.56. The Kier molecular flexibility index (Phi) is 5.45. The molecule has 0 spiro atoms. The van der Waals surface area contributed by atoms with E-state index in [1.165, 1.54) is 0 Å². The molecule has 2 N–H and O–H groups in total. The summed E-state index contributed by atoms with van der Waals surface area (Å²) < 4.78 is 1.67. The molecule has 2 rings (SSSR count). The lowest BCUT2D eigenvalue weighted by atomic mass is 10.1. The van der Waals surface area contributed by atoms with E-state index in [-0.39, 0.29) is 18.4 Å². The highest BCUT2D eigenvalue weighted by Gasteiger charge is 2.17. The molecule has 1 heterocycles. The number of amides is 1. The van der Waals surface area contributed by atoms with Gasteiger partial charge in [-0.15, -0.1) is 0 Å². The number of carbonyl (C=O) groups is 1. The summed E-state index contributed by atoms with van der Waals surface area (Å²) in [7, 11) is 1.81. The molecule has 2 aromatic rings. The SMILES string of the molecule is C[C@@H](NC(=O)C[C@@H](O)c1cc(Cl)cc(Cl)c1)c1cnn(C)c1. The largest absolute Gasteiger partial charge is 0.388 e. The fraction of sp³-hybridized carbons (Fsp3) is 0.333. The molecule has 0 saturated carbocycles. The van der Waals surface area contributed by atoms with Gasteiger partial charge < -0.3 is 10.4 Å². The van der Waals surface area contributed by atoms with Gasteiger partial charge in [-0.1, -0.05) is 23.2 Å². The van der Waals surface area contributed by atoms with E-state index in [1.54, 1.807) is 29.1 Å². The summed E-state index contributed by atoms with van der Waals surface area (Å²) >= 11 is 11.8. The third-order valence-corrected chi connectivity index (χ3v) is 3.69. The van der Waals surface area contributed by atoms with Crippen molar-refractivity contribution < 1.29 is 9.90 Å². The van der Waals surface area contributed by atoms with Crippen LogP contribution >= 0.6 is 23.2 Å². The minimum Gasteiger partial charge on any atom is -0.388 e. The molecule has 1 aromatic heterocycles. The maximum atomic E-state index is 12.0. The Labute approximate surface area is 138 Å². The summed E-state index contributed by atoms with van der Waals surface area (Å²) in [5.74, 6) is -0.264. The number of aliphatic hydroxyl groups is 1. The number of aryl methyl sites for hydroxylation is 1. The first-order valence-electron chi connectivity index (χ1n) is 6.77. The maximum absolute atomic E-state index is 12.0. The van der Waals surface area contributed by atoms with Crippen LogP contribution in [0.4, 0.5) is 0 Å². The zero-order chi connectivity index (χ0) is 16.3. The Morgan fingerprint density at radius 1 is 1.32 bits per heavy atom. The van der Waals surface area contributed by atoms with Gasteiger partial charge in [0.15, 0.2) is 0 Å². The van der Waals surface area contributed by atoms with Gasteiger partial charge in [-0.3, -0.25) is 9.48 Å². The molecule has 1 aromatic carbocycles. The van der Waals surface area contributed by atoms with Crippen molar-refractivity contribution in [3.63, 3.8) is 0 Å². The number of aliphatic hydroxyl groups excluding tert-OH is 1. The van der Waals surface area contributed by atoms with Gasteiger partial charge in [0, 0.05) is 28.9 Å². The van der Waals surface area contributed by atoms with Gasteiger partial charge in [0.1, 0.15) is 0 Å². The molecule has 0 aliphatic carbocycles. The molecule has 0 unspecified atom stereocenters. The number of nitrogens with zero attached hydrogens (tertiary/aromatic N) is 2. The number of hydrogen-bond donors (Lipinski definition) is 2. The monoisotopic (exact) mass is 341 g/mol. The van der Waals surface area contributed by atoms with Crippen molar-refractivity contribution in [1.82, 2.24) is 15.1 Å². The summed E-state index contributed by atoms with van der Waals surface area (Å²) in [6, 6.07) is 4.58. The van der Waals surface area contributed by atoms with Gasteiger partial charge in [-0.2, -0.15) is 5.10 Å². The van der Waals surface area contributed by atoms with E-state index in [0.29, 0.717) is 15.6 Å². The third-order valence-electron chi connectivity index (χ3n) is 3.25. The van der Waals surface area contributed by atoms with E-state index in [4.69, 9.17) is 23.2 Å². The minimum atomic E-state index is -0.961. The molecular formula is C15H17Cl2N3O2. The van der Waals surface area contributed by atoms with Gasteiger partial charge >= 0.3 is 0 Å². The number of carbonyl (C=O) groups excluding carboxylic acids is 1. The molecule has 0 aliphatic rings. The van der Waals surface area contributed by atoms with E-state index in [0.717, 1.165) is 5.56 Å². The molecule has 0 radical (unpaired) electrons. The van der Waals surface area contributed by atoms with Crippen LogP contribution in [0.5, 0.6) is 0 Å². The smallest absolute Gasteiger partial charge is 0.223 e. The second-order valence-corrected chi connectivity index (χ2v) is 6.03. The Morgan fingerprint density at radius 2 is 1.95 bits per heavy atom. The van der Waals surface area contributed by atoms with Crippen molar-refractivity contribution in [2.45, 2.75) is 25.5 Å². The fourth-order valence-electron chi connectivity index (χ4n) is 2.11. The van der Waals surface area contributed by atoms with Gasteiger partial charge in [0.25, 0.3) is 0 Å². The van der Waals surface area contributed by atoms with Gasteiger partial charge in [0.05, 0.1) is 24.8 Å². The summed E-state index contributed by atoms with van der Waals surface area (Å²) in [6.07, 6.45) is 2.50. The second kappa shape index (κ2) is 7.13. The zero-order valence-electron chi connectivity index (χ0n) is 12.3. The highest BCUT2D eigenvalue weighted by molar-refractivity contribution is 6.34. The van der Waals surface area contributed by atoms with Crippen molar-refractivity contribution in [3.8, 4) is 0 Å². The maximum Gasteiger partial charge on any atom is 0.223 e. The number of nitrogens with one attached hydrogen (secondary N) is 1. The topological polar surface area (TPSA) is 67.2 Å². The van der Waals surface area contributed by atoms with Crippen molar-refractivity contribution in [2.75, 3.05) is 0 Å². The number of halogens is 2. The lowest BCUT2D eigenvalue weighted by Crippen LogP contribution is -2.27. The summed E-state index contributed by atoms with van der Waals surface area (Å²) in [4.78, 5) is 12.0. The first-order valence-corrected chi connectivity index (χ1v) is 7.52. The van der Waals surface area contributed by atoms with Crippen molar-refractivity contribution in [3.05, 3.63) is 51.8 Å². The molecule has 2 atom stereocenters. The second-order valence-electron chi connectivity index (χ2n) is 5.16. The molecule has 22 heavy (non-hydrogen) atoms. The van der Waals surface area contributed by atoms with Crippen LogP contribution in [0, 0.1) is 0 Å². The molecule has 1 amide bonds. The predicted octanol–water partition coefficient (Wildman–Crippen LogP) is 3.03. The molecule has 0 bridgehead atoms. The Balaban J connectivity index is 1.96. The minimum absolute atomic E-state index is 0.0682. The highest BCUT2D eigenvalue weighted by atomic mass is 35.5. The molecule has 0 aliphatic heterocycles. The fourth-order valence-corrected chi connectivity index (χ4v) is 2.65. The van der Waals surface area contributed by atoms with Crippen LogP contribution in [-0.2, 0) is 11.8 Å². The average Bonchev–Trinajstić information content (AvgIpc) is 2.84. The van der Waals surface area contributed by atoms with E-state index in [1.807, 2.05) is 20.2 Å². The molecule has 0 saturated heterocycles. The van der Waals surface area contributed by atoms with Gasteiger partial charge in [-0.25, -0.2) is 0 Å². The number of rotatable bonds is 5. The van der Waals surface area contributed by atoms with Crippen molar-refractivity contribution in [1.29, 1.82) is 0 Å². The van der Waals surface area contributed by atoms with Crippen LogP contribution in [0.15, 0.2) is 30.6 Å². The standard InChI is InChI=1S/C15H17Cl2N3O2/c1-9(11-7-18-20(2)8-11)19-15(22)6-14(21)10-3-12(16)5-13(17)4-10/h3-5,7-9,14,21H,6H2,1-2H3,(H,19,22)/t9-,14-/m1/s1. The lowest BCUT2D eigenvalue weighted by molar-refractivity contribution is -0.123. The van der Waals surface area contributed by atoms with Gasteiger partial charge in [0.2, 0.25) is 5.91 Å². The molecule has 118 valence electrons. The zero-order valence-corrected chi connectivity index (χ0v) is 13.8.